The molecule has 1 aromatic heterocycles. The third-order valence-electron chi connectivity index (χ3n) is 2.08. The Morgan fingerprint density at radius 3 is 2.92 bits per heavy atom. The molecule has 72 valence electrons. The molecule has 3 heteroatoms. The van der Waals surface area contributed by atoms with Crippen LogP contribution in [0.3, 0.4) is 0 Å². The lowest BCUT2D eigenvalue weighted by molar-refractivity contribution is 0.528. The fraction of sp³-hybridized carbons (Fsp3) is 0.600. The molecule has 0 aliphatic rings. The molecule has 1 atom stereocenters. The highest BCUT2D eigenvalue weighted by Crippen LogP contribution is 1.96. The summed E-state index contributed by atoms with van der Waals surface area (Å²) in [7, 11) is 0. The van der Waals surface area contributed by atoms with Crippen LogP contribution < -0.4 is 5.32 Å². The molecular formula is C10H17N3. The first-order valence-electron chi connectivity index (χ1n) is 4.74. The van der Waals surface area contributed by atoms with Crippen molar-refractivity contribution in [1.82, 2.24) is 15.3 Å². The van der Waals surface area contributed by atoms with E-state index in [0.717, 1.165) is 24.5 Å². The first-order chi connectivity index (χ1) is 6.22. The van der Waals surface area contributed by atoms with Gasteiger partial charge in [-0.15, -0.1) is 0 Å². The van der Waals surface area contributed by atoms with Crippen molar-refractivity contribution >= 4 is 0 Å². The van der Waals surface area contributed by atoms with E-state index in [1.165, 1.54) is 0 Å². The van der Waals surface area contributed by atoms with Crippen LogP contribution in [0.25, 0.3) is 0 Å². The first kappa shape index (κ1) is 10.1. The summed E-state index contributed by atoms with van der Waals surface area (Å²) in [5.41, 5.74) is 1.06. The Labute approximate surface area is 79.6 Å². The Balaban J connectivity index is 2.45. The van der Waals surface area contributed by atoms with Gasteiger partial charge in [-0.05, 0) is 26.3 Å². The van der Waals surface area contributed by atoms with Gasteiger partial charge < -0.3 is 5.32 Å². The second-order valence-electron chi connectivity index (χ2n) is 3.29. The molecule has 3 nitrogen and oxygen atoms in total. The van der Waals surface area contributed by atoms with Crippen LogP contribution in [-0.4, -0.2) is 16.0 Å². The molecule has 0 aliphatic carbocycles. The highest BCUT2D eigenvalue weighted by atomic mass is 14.9. The van der Waals surface area contributed by atoms with Gasteiger partial charge in [0, 0.05) is 18.8 Å². The number of aryl methyl sites for hydroxylation is 1. The number of nitrogens with zero attached hydrogens (tertiary/aromatic N) is 2. The molecule has 13 heavy (non-hydrogen) atoms. The molecule has 0 amide bonds. The minimum Gasteiger partial charge on any atom is -0.309 e. The molecule has 0 aromatic carbocycles. The van der Waals surface area contributed by atoms with Gasteiger partial charge in [0.05, 0.1) is 5.69 Å². The molecule has 0 spiro atoms. The Morgan fingerprint density at radius 1 is 1.54 bits per heavy atom. The second-order valence-corrected chi connectivity index (χ2v) is 3.29. The van der Waals surface area contributed by atoms with E-state index >= 15 is 0 Å². The van der Waals surface area contributed by atoms with Crippen molar-refractivity contribution in [2.24, 2.45) is 0 Å². The molecule has 0 radical (unpaired) electrons. The van der Waals surface area contributed by atoms with Gasteiger partial charge in [-0.2, -0.15) is 0 Å². The van der Waals surface area contributed by atoms with Gasteiger partial charge in [-0.3, -0.25) is 0 Å². The third-order valence-corrected chi connectivity index (χ3v) is 2.08. The molecule has 0 aliphatic heterocycles. The van der Waals surface area contributed by atoms with Crippen molar-refractivity contribution < 1.29 is 0 Å². The summed E-state index contributed by atoms with van der Waals surface area (Å²) in [5, 5.41) is 3.39. The number of aromatic nitrogens is 2. The Bertz CT molecular complexity index is 260. The summed E-state index contributed by atoms with van der Waals surface area (Å²) in [6.07, 6.45) is 2.94. The smallest absolute Gasteiger partial charge is 0.125 e. The molecule has 0 saturated carbocycles. The minimum absolute atomic E-state index is 0.551. The maximum atomic E-state index is 4.31. The first-order valence-corrected chi connectivity index (χ1v) is 4.74. The van der Waals surface area contributed by atoms with Gasteiger partial charge in [0.2, 0.25) is 0 Å². The van der Waals surface area contributed by atoms with E-state index in [-0.39, 0.29) is 0 Å². The lowest BCUT2D eigenvalue weighted by Crippen LogP contribution is -2.25. The van der Waals surface area contributed by atoms with Gasteiger partial charge in [-0.1, -0.05) is 6.92 Å². The SMILES string of the molecule is CCC(C)NCc1ccnc(C)n1. The van der Waals surface area contributed by atoms with Crippen molar-refractivity contribution in [3.63, 3.8) is 0 Å². The predicted molar refractivity (Wildman–Crippen MR) is 53.4 cm³/mol. The van der Waals surface area contributed by atoms with Crippen LogP contribution in [0.5, 0.6) is 0 Å². The van der Waals surface area contributed by atoms with Crippen molar-refractivity contribution in [3.8, 4) is 0 Å². The number of rotatable bonds is 4. The number of hydrogen-bond acceptors (Lipinski definition) is 3. The van der Waals surface area contributed by atoms with Crippen LogP contribution in [0.2, 0.25) is 0 Å². The average molecular weight is 179 g/mol. The van der Waals surface area contributed by atoms with Crippen LogP contribution in [0.4, 0.5) is 0 Å². The Morgan fingerprint density at radius 2 is 2.31 bits per heavy atom. The fourth-order valence-electron chi connectivity index (χ4n) is 1.03. The molecule has 0 saturated heterocycles. The van der Waals surface area contributed by atoms with E-state index in [0.29, 0.717) is 6.04 Å². The highest BCUT2D eigenvalue weighted by molar-refractivity contribution is 5.01. The summed E-state index contributed by atoms with van der Waals surface area (Å²) in [5.74, 6) is 0.837. The molecule has 1 rings (SSSR count). The van der Waals surface area contributed by atoms with Crippen LogP contribution in [0.1, 0.15) is 31.8 Å². The Hall–Kier alpha value is -0.960. The molecule has 1 aromatic rings. The maximum Gasteiger partial charge on any atom is 0.125 e. The summed E-state index contributed by atoms with van der Waals surface area (Å²) in [4.78, 5) is 8.35. The topological polar surface area (TPSA) is 37.8 Å². The summed E-state index contributed by atoms with van der Waals surface area (Å²) in [6.45, 7) is 7.09. The number of nitrogens with one attached hydrogen (secondary N) is 1. The van der Waals surface area contributed by atoms with E-state index in [1.54, 1.807) is 6.20 Å². The van der Waals surface area contributed by atoms with E-state index in [2.05, 4.69) is 29.1 Å². The molecule has 1 N–H and O–H groups in total. The molecule has 0 fully saturated rings. The standard InChI is InChI=1S/C10H17N3/c1-4-8(2)12-7-10-5-6-11-9(3)13-10/h5-6,8,12H,4,7H2,1-3H3. The van der Waals surface area contributed by atoms with E-state index in [9.17, 15) is 0 Å². The molecule has 0 bridgehead atoms. The highest BCUT2D eigenvalue weighted by Gasteiger charge is 1.99. The van der Waals surface area contributed by atoms with Gasteiger partial charge in [0.15, 0.2) is 0 Å². The van der Waals surface area contributed by atoms with Crippen molar-refractivity contribution in [1.29, 1.82) is 0 Å². The van der Waals surface area contributed by atoms with E-state index in [1.807, 2.05) is 13.0 Å². The zero-order valence-corrected chi connectivity index (χ0v) is 8.54. The largest absolute Gasteiger partial charge is 0.309 e. The molecular weight excluding hydrogens is 162 g/mol. The average Bonchev–Trinajstić information content (AvgIpc) is 2.14. The summed E-state index contributed by atoms with van der Waals surface area (Å²) in [6, 6.07) is 2.50. The molecule has 1 heterocycles. The van der Waals surface area contributed by atoms with Crippen molar-refractivity contribution in [3.05, 3.63) is 23.8 Å². The van der Waals surface area contributed by atoms with Gasteiger partial charge in [0.1, 0.15) is 5.82 Å². The van der Waals surface area contributed by atoms with Crippen LogP contribution in [-0.2, 0) is 6.54 Å². The van der Waals surface area contributed by atoms with Crippen LogP contribution in [0.15, 0.2) is 12.3 Å². The zero-order valence-electron chi connectivity index (χ0n) is 8.54. The Kier molecular flexibility index (Phi) is 3.83. The maximum absolute atomic E-state index is 4.31. The second kappa shape index (κ2) is 4.92. The normalized spacial score (nSPS) is 12.8. The number of hydrogen-bond donors (Lipinski definition) is 1. The van der Waals surface area contributed by atoms with Crippen molar-refractivity contribution in [2.75, 3.05) is 0 Å². The predicted octanol–water partition coefficient (Wildman–Crippen LogP) is 1.67. The van der Waals surface area contributed by atoms with Gasteiger partial charge in [0.25, 0.3) is 0 Å². The summed E-state index contributed by atoms with van der Waals surface area (Å²) < 4.78 is 0. The van der Waals surface area contributed by atoms with Crippen LogP contribution >= 0.6 is 0 Å². The quantitative estimate of drug-likeness (QED) is 0.764. The monoisotopic (exact) mass is 179 g/mol. The lowest BCUT2D eigenvalue weighted by Gasteiger charge is -2.10. The lowest BCUT2D eigenvalue weighted by atomic mass is 10.2. The third kappa shape index (κ3) is 3.51. The minimum atomic E-state index is 0.551. The summed E-state index contributed by atoms with van der Waals surface area (Å²) >= 11 is 0. The fourth-order valence-corrected chi connectivity index (χ4v) is 1.03. The molecule has 1 unspecified atom stereocenters. The zero-order chi connectivity index (χ0) is 9.68. The van der Waals surface area contributed by atoms with Gasteiger partial charge in [-0.25, -0.2) is 9.97 Å². The van der Waals surface area contributed by atoms with E-state index < -0.39 is 0 Å². The van der Waals surface area contributed by atoms with Crippen molar-refractivity contribution in [2.45, 2.75) is 39.8 Å². The van der Waals surface area contributed by atoms with Gasteiger partial charge >= 0.3 is 0 Å². The van der Waals surface area contributed by atoms with E-state index in [4.69, 9.17) is 0 Å². The van der Waals surface area contributed by atoms with Crippen LogP contribution in [0, 0.1) is 6.92 Å².